The zero-order valence-corrected chi connectivity index (χ0v) is 14.2. The predicted molar refractivity (Wildman–Crippen MR) is 85.5 cm³/mol. The first-order chi connectivity index (χ1) is 10.1. The molecule has 0 heterocycles. The van der Waals surface area contributed by atoms with Gasteiger partial charge < -0.3 is 15.1 Å². The number of allylic oxidation sites excluding steroid dienone is 1. The molecule has 0 rings (SSSR count). The second kappa shape index (κ2) is 10.6. The first kappa shape index (κ1) is 20.9. The van der Waals surface area contributed by atoms with Gasteiger partial charge in [0.25, 0.3) is 0 Å². The minimum absolute atomic E-state index is 0.00276. The van der Waals surface area contributed by atoms with Crippen LogP contribution >= 0.6 is 7.37 Å². The lowest BCUT2D eigenvalue weighted by Gasteiger charge is -2.14. The fourth-order valence-electron chi connectivity index (χ4n) is 2.17. The predicted octanol–water partition coefficient (Wildman–Crippen LogP) is 3.35. The lowest BCUT2D eigenvalue weighted by molar-refractivity contribution is -0.137. The fraction of sp³-hybridized carbons (Fsp3) is 0.733. The molecule has 0 aromatic rings. The number of aliphatic carboxylic acids is 2. The Morgan fingerprint density at radius 3 is 2.18 bits per heavy atom. The Bertz CT molecular complexity index is 441. The van der Waals surface area contributed by atoms with E-state index in [4.69, 9.17) is 10.2 Å². The largest absolute Gasteiger partial charge is 0.481 e. The molecule has 0 bridgehead atoms. The molecule has 128 valence electrons. The lowest BCUT2D eigenvalue weighted by Crippen LogP contribution is -2.09. The van der Waals surface area contributed by atoms with Gasteiger partial charge in [0, 0.05) is 18.2 Å². The number of rotatable bonds is 12. The van der Waals surface area contributed by atoms with Gasteiger partial charge in [-0.1, -0.05) is 32.8 Å². The summed E-state index contributed by atoms with van der Waals surface area (Å²) in [5, 5.41) is 17.6. The van der Waals surface area contributed by atoms with Gasteiger partial charge in [-0.15, -0.1) is 0 Å². The summed E-state index contributed by atoms with van der Waals surface area (Å²) in [6, 6.07) is 0. The van der Waals surface area contributed by atoms with Crippen LogP contribution in [0.3, 0.4) is 0 Å². The first-order valence-electron chi connectivity index (χ1n) is 7.59. The van der Waals surface area contributed by atoms with Crippen LogP contribution in [0.1, 0.15) is 52.4 Å². The number of hydrogen-bond donors (Lipinski definition) is 3. The van der Waals surface area contributed by atoms with Crippen molar-refractivity contribution in [3.63, 3.8) is 0 Å². The molecule has 0 fully saturated rings. The third kappa shape index (κ3) is 11.5. The van der Waals surface area contributed by atoms with Gasteiger partial charge >= 0.3 is 11.9 Å². The Hall–Kier alpha value is -1.13. The molecule has 0 aliphatic rings. The molecule has 0 aliphatic carbocycles. The van der Waals surface area contributed by atoms with Crippen LogP contribution in [-0.4, -0.2) is 39.4 Å². The number of carbonyl (C=O) groups is 2. The van der Waals surface area contributed by atoms with E-state index in [0.717, 1.165) is 19.3 Å². The summed E-state index contributed by atoms with van der Waals surface area (Å²) in [5.74, 6) is -1.92. The highest BCUT2D eigenvalue weighted by Crippen LogP contribution is 2.44. The lowest BCUT2D eigenvalue weighted by atomic mass is 10.1. The van der Waals surface area contributed by atoms with Gasteiger partial charge in [0.2, 0.25) is 7.37 Å². The highest BCUT2D eigenvalue weighted by Gasteiger charge is 2.24. The fourth-order valence-corrected chi connectivity index (χ4v) is 4.24. The molecule has 22 heavy (non-hydrogen) atoms. The second-order valence-electron chi connectivity index (χ2n) is 5.96. The van der Waals surface area contributed by atoms with Crippen molar-refractivity contribution in [2.24, 2.45) is 5.92 Å². The van der Waals surface area contributed by atoms with E-state index in [-0.39, 0.29) is 30.2 Å². The van der Waals surface area contributed by atoms with E-state index in [9.17, 15) is 19.0 Å². The van der Waals surface area contributed by atoms with Crippen molar-refractivity contribution in [1.29, 1.82) is 0 Å². The highest BCUT2D eigenvalue weighted by molar-refractivity contribution is 7.58. The van der Waals surface area contributed by atoms with Crippen molar-refractivity contribution in [3.8, 4) is 0 Å². The van der Waals surface area contributed by atoms with Crippen LogP contribution < -0.4 is 0 Å². The summed E-state index contributed by atoms with van der Waals surface area (Å²) in [7, 11) is -3.45. The van der Waals surface area contributed by atoms with E-state index in [1.165, 1.54) is 6.08 Å². The van der Waals surface area contributed by atoms with Gasteiger partial charge in [-0.25, -0.2) is 4.79 Å². The van der Waals surface area contributed by atoms with Crippen molar-refractivity contribution in [2.75, 3.05) is 12.3 Å². The molecule has 0 aliphatic heterocycles. The normalized spacial score (nSPS) is 14.8. The maximum absolute atomic E-state index is 12.0. The average molecular weight is 334 g/mol. The molecule has 0 saturated heterocycles. The average Bonchev–Trinajstić information content (AvgIpc) is 2.33. The van der Waals surface area contributed by atoms with Crippen molar-refractivity contribution >= 4 is 19.3 Å². The minimum Gasteiger partial charge on any atom is -0.481 e. The number of hydrogen-bond acceptors (Lipinski definition) is 3. The quantitative estimate of drug-likeness (QED) is 0.287. The van der Waals surface area contributed by atoms with E-state index in [0.29, 0.717) is 12.8 Å². The zero-order valence-electron chi connectivity index (χ0n) is 13.3. The van der Waals surface area contributed by atoms with Gasteiger partial charge in [-0.3, -0.25) is 9.36 Å². The summed E-state index contributed by atoms with van der Waals surface area (Å²) in [5.41, 5.74) is -0.00276. The van der Waals surface area contributed by atoms with Crippen LogP contribution in [0, 0.1) is 5.92 Å². The molecular formula is C15H27O6P. The van der Waals surface area contributed by atoms with Crippen molar-refractivity contribution in [1.82, 2.24) is 0 Å². The Balaban J connectivity index is 4.25. The van der Waals surface area contributed by atoms with Crippen LogP contribution in [0.25, 0.3) is 0 Å². The van der Waals surface area contributed by atoms with Crippen LogP contribution in [-0.2, 0) is 14.2 Å². The van der Waals surface area contributed by atoms with Crippen LogP contribution in [0.5, 0.6) is 0 Å². The molecule has 0 amide bonds. The summed E-state index contributed by atoms with van der Waals surface area (Å²) >= 11 is 0. The molecule has 1 atom stereocenters. The summed E-state index contributed by atoms with van der Waals surface area (Å²) in [6.07, 6.45) is 4.99. The van der Waals surface area contributed by atoms with Crippen LogP contribution in [0.4, 0.5) is 0 Å². The van der Waals surface area contributed by atoms with Gasteiger partial charge in [-0.2, -0.15) is 0 Å². The minimum atomic E-state index is -3.45. The molecule has 1 unspecified atom stereocenters. The molecule has 7 heteroatoms. The van der Waals surface area contributed by atoms with Gasteiger partial charge in [0.05, 0.1) is 6.16 Å². The first-order valence-corrected chi connectivity index (χ1v) is 9.62. The number of carboxylic acids is 2. The third-order valence-electron chi connectivity index (χ3n) is 3.08. The zero-order chi connectivity index (χ0) is 17.2. The van der Waals surface area contributed by atoms with Crippen LogP contribution in [0.15, 0.2) is 11.6 Å². The molecular weight excluding hydrogens is 307 g/mol. The van der Waals surface area contributed by atoms with E-state index >= 15 is 0 Å². The highest BCUT2D eigenvalue weighted by atomic mass is 31.2. The summed E-state index contributed by atoms with van der Waals surface area (Å²) < 4.78 is 12.0. The number of unbranched alkanes of at least 4 members (excludes halogenated alkanes) is 4. The molecule has 3 N–H and O–H groups in total. The van der Waals surface area contributed by atoms with E-state index in [1.807, 2.05) is 13.8 Å². The molecule has 0 radical (unpaired) electrons. The molecule has 0 aromatic heterocycles. The molecule has 0 aromatic carbocycles. The number of carboxylic acid groups (broad SMARTS) is 2. The Labute approximate surface area is 131 Å². The molecule has 0 spiro atoms. The van der Waals surface area contributed by atoms with Gasteiger partial charge in [-0.05, 0) is 25.2 Å². The second-order valence-corrected chi connectivity index (χ2v) is 8.34. The Morgan fingerprint density at radius 2 is 1.68 bits per heavy atom. The topological polar surface area (TPSA) is 112 Å². The van der Waals surface area contributed by atoms with Crippen molar-refractivity contribution in [2.45, 2.75) is 52.4 Å². The van der Waals surface area contributed by atoms with Gasteiger partial charge in [0.1, 0.15) is 0 Å². The molecule has 0 saturated carbocycles. The van der Waals surface area contributed by atoms with E-state index < -0.39 is 19.3 Å². The van der Waals surface area contributed by atoms with Crippen molar-refractivity contribution in [3.05, 3.63) is 11.6 Å². The SMILES string of the molecule is CC(C)CP(=O)(O)C/C(=C\CCCCCCC(=O)O)C(=O)O. The molecule has 6 nitrogen and oxygen atoms in total. The van der Waals surface area contributed by atoms with Crippen LogP contribution in [0.2, 0.25) is 0 Å². The monoisotopic (exact) mass is 334 g/mol. The standard InChI is InChI=1S/C15H27O6P/c1-12(2)10-22(20,21)11-13(15(18)19)8-6-4-3-5-7-9-14(16)17/h8,12H,3-7,9-11H2,1-2H3,(H,16,17)(H,18,19)(H,20,21)/b13-8+. The van der Waals surface area contributed by atoms with E-state index in [2.05, 4.69) is 0 Å². The maximum atomic E-state index is 12.0. The Morgan fingerprint density at radius 1 is 1.09 bits per heavy atom. The third-order valence-corrected chi connectivity index (χ3v) is 5.21. The van der Waals surface area contributed by atoms with Crippen molar-refractivity contribution < 1.29 is 29.3 Å². The van der Waals surface area contributed by atoms with E-state index in [1.54, 1.807) is 0 Å². The summed E-state index contributed by atoms with van der Waals surface area (Å²) in [4.78, 5) is 31.3. The van der Waals surface area contributed by atoms with Gasteiger partial charge in [0.15, 0.2) is 0 Å². The summed E-state index contributed by atoms with van der Waals surface area (Å²) in [6.45, 7) is 3.65. The Kier molecular flexibility index (Phi) is 10.0. The smallest absolute Gasteiger partial charge is 0.331 e. The maximum Gasteiger partial charge on any atom is 0.331 e.